The molecule has 1 saturated heterocycles. The van der Waals surface area contributed by atoms with E-state index in [1.54, 1.807) is 25.0 Å². The van der Waals surface area contributed by atoms with Crippen molar-refractivity contribution < 1.29 is 14.4 Å². The van der Waals surface area contributed by atoms with Crippen molar-refractivity contribution in [3.8, 4) is 33.6 Å². The molecule has 4 N–H and O–H groups in total. The molecule has 12 heteroatoms. The first-order valence-corrected chi connectivity index (χ1v) is 19.2. The van der Waals surface area contributed by atoms with Crippen LogP contribution in [0.15, 0.2) is 96.2 Å². The molecule has 2 aromatic heterocycles. The van der Waals surface area contributed by atoms with Crippen molar-refractivity contribution in [1.29, 1.82) is 0 Å². The van der Waals surface area contributed by atoms with Crippen molar-refractivity contribution in [2.45, 2.75) is 63.0 Å². The Labute approximate surface area is 313 Å². The third kappa shape index (κ3) is 8.12. The Kier molecular flexibility index (Phi) is 10.9. The average Bonchev–Trinajstić information content (AvgIpc) is 3.53. The Morgan fingerprint density at radius 2 is 1.53 bits per heavy atom. The summed E-state index contributed by atoms with van der Waals surface area (Å²) in [6, 6.07) is 25.1. The summed E-state index contributed by atoms with van der Waals surface area (Å²) in [5.41, 5.74) is 6.73. The monoisotopic (exact) mass is 728 g/mol. The maximum atomic E-state index is 14.3. The van der Waals surface area contributed by atoms with Crippen LogP contribution in [0.3, 0.4) is 0 Å². The number of hydrogen-bond donors (Lipinski definition) is 4. The largest absolute Gasteiger partial charge is 0.359 e. The lowest BCUT2D eigenvalue weighted by atomic mass is 10.0. The molecule has 3 heterocycles. The van der Waals surface area contributed by atoms with Gasteiger partial charge in [0.2, 0.25) is 11.8 Å². The van der Waals surface area contributed by atoms with Crippen LogP contribution in [0.4, 0.5) is 0 Å². The number of H-pyrrole nitrogens is 2. The summed E-state index contributed by atoms with van der Waals surface area (Å²) >= 11 is 1.67. The third-order valence-electron chi connectivity index (χ3n) is 9.84. The maximum Gasteiger partial charge on any atom is 0.253 e. The van der Waals surface area contributed by atoms with Gasteiger partial charge in [-0.15, -0.1) is 11.8 Å². The fourth-order valence-corrected chi connectivity index (χ4v) is 8.09. The summed E-state index contributed by atoms with van der Waals surface area (Å²) in [6.45, 7) is 3.76. The smallest absolute Gasteiger partial charge is 0.253 e. The van der Waals surface area contributed by atoms with E-state index in [1.807, 2.05) is 61.5 Å². The van der Waals surface area contributed by atoms with E-state index in [0.29, 0.717) is 24.4 Å². The van der Waals surface area contributed by atoms with Crippen molar-refractivity contribution >= 4 is 35.7 Å². The molecule has 2 fully saturated rings. The van der Waals surface area contributed by atoms with Gasteiger partial charge in [-0.1, -0.05) is 78.9 Å². The maximum absolute atomic E-state index is 14.3. The number of hydrogen-bond acceptors (Lipinski definition) is 7. The molecule has 1 aliphatic heterocycles. The minimum atomic E-state index is -0.688. The van der Waals surface area contributed by atoms with Gasteiger partial charge >= 0.3 is 0 Å². The van der Waals surface area contributed by atoms with E-state index in [4.69, 9.17) is 4.98 Å². The van der Waals surface area contributed by atoms with Crippen molar-refractivity contribution in [2.75, 3.05) is 12.8 Å². The Morgan fingerprint density at radius 3 is 2.15 bits per heavy atom. The number of carbonyl (C=O) groups excluding carboxylic acids is 3. The first kappa shape index (κ1) is 35.9. The number of carbonyl (C=O) groups is 3. The molecule has 5 aromatic rings. The molecule has 3 aromatic carbocycles. The summed E-state index contributed by atoms with van der Waals surface area (Å²) in [7, 11) is 1.63. The minimum absolute atomic E-state index is 0.0551. The van der Waals surface area contributed by atoms with Gasteiger partial charge in [0.15, 0.2) is 6.04 Å². The molecule has 1 aliphatic carbocycles. The van der Waals surface area contributed by atoms with Gasteiger partial charge in [0.1, 0.15) is 17.7 Å². The lowest BCUT2D eigenvalue weighted by Gasteiger charge is -2.31. The molecule has 4 atom stereocenters. The SMILES string of the molecule is C/C=N/C(C(=O)N1C(CCC(=O)NC)SC[C@H]1c1ncc(-c2ccc(-c3ccc(-c4cnc([C@H](C)NC(=O)C5CC5)[nH]4)cc3)cc2)[nH]1)c1ccccc1. The van der Waals surface area contributed by atoms with Crippen LogP contribution >= 0.6 is 11.8 Å². The van der Waals surface area contributed by atoms with Crippen molar-refractivity contribution in [3.05, 3.63) is 108 Å². The molecule has 0 radical (unpaired) electrons. The van der Waals surface area contributed by atoms with E-state index in [-0.39, 0.29) is 41.1 Å². The van der Waals surface area contributed by atoms with E-state index >= 15 is 0 Å². The molecule has 2 unspecified atom stereocenters. The highest BCUT2D eigenvalue weighted by molar-refractivity contribution is 8.00. The van der Waals surface area contributed by atoms with E-state index in [0.717, 1.165) is 57.9 Å². The minimum Gasteiger partial charge on any atom is -0.359 e. The molecular formula is C41H44N8O3S. The average molecular weight is 729 g/mol. The zero-order valence-corrected chi connectivity index (χ0v) is 30.9. The van der Waals surface area contributed by atoms with Crippen LogP contribution in [0, 0.1) is 5.92 Å². The van der Waals surface area contributed by atoms with Gasteiger partial charge in [-0.3, -0.25) is 19.4 Å². The first-order valence-electron chi connectivity index (χ1n) is 18.1. The van der Waals surface area contributed by atoms with Crippen molar-refractivity contribution in [3.63, 3.8) is 0 Å². The highest BCUT2D eigenvalue weighted by atomic mass is 32.2. The van der Waals surface area contributed by atoms with Crippen molar-refractivity contribution in [2.24, 2.45) is 10.9 Å². The lowest BCUT2D eigenvalue weighted by molar-refractivity contribution is -0.135. The van der Waals surface area contributed by atoms with Crippen LogP contribution in [0.1, 0.15) is 74.9 Å². The summed E-state index contributed by atoms with van der Waals surface area (Å²) < 4.78 is 0. The summed E-state index contributed by atoms with van der Waals surface area (Å²) in [5, 5.41) is 5.55. The van der Waals surface area contributed by atoms with Gasteiger partial charge in [-0.05, 0) is 67.1 Å². The fourth-order valence-electron chi connectivity index (χ4n) is 6.68. The highest BCUT2D eigenvalue weighted by Gasteiger charge is 2.42. The quantitative estimate of drug-likeness (QED) is 0.0958. The molecule has 0 bridgehead atoms. The molecular weight excluding hydrogens is 685 g/mol. The summed E-state index contributed by atoms with van der Waals surface area (Å²) in [6.07, 6.45) is 8.09. The highest BCUT2D eigenvalue weighted by Crippen LogP contribution is 2.42. The Bertz CT molecular complexity index is 2070. The Balaban J connectivity index is 1.05. The molecule has 272 valence electrons. The molecule has 7 rings (SSSR count). The predicted molar refractivity (Wildman–Crippen MR) is 209 cm³/mol. The van der Waals surface area contributed by atoms with E-state index in [9.17, 15) is 14.4 Å². The van der Waals surface area contributed by atoms with Gasteiger partial charge in [0.25, 0.3) is 5.91 Å². The number of imidazole rings is 2. The van der Waals surface area contributed by atoms with Gasteiger partial charge in [0.05, 0.1) is 35.2 Å². The molecule has 11 nitrogen and oxygen atoms in total. The topological polar surface area (TPSA) is 148 Å². The number of aromatic nitrogens is 4. The summed E-state index contributed by atoms with van der Waals surface area (Å²) in [4.78, 5) is 61.3. The molecule has 1 saturated carbocycles. The molecule has 53 heavy (non-hydrogen) atoms. The van der Waals surface area contributed by atoms with E-state index < -0.39 is 6.04 Å². The second kappa shape index (κ2) is 16.0. The second-order valence-electron chi connectivity index (χ2n) is 13.5. The number of benzene rings is 3. The van der Waals surface area contributed by atoms with E-state index in [1.165, 1.54) is 0 Å². The van der Waals surface area contributed by atoms with Gasteiger partial charge in [0, 0.05) is 25.1 Å². The number of aliphatic imine (C=N–C) groups is 1. The van der Waals surface area contributed by atoms with Crippen molar-refractivity contribution in [1.82, 2.24) is 35.5 Å². The molecule has 0 spiro atoms. The Hall–Kier alpha value is -5.49. The lowest BCUT2D eigenvalue weighted by Crippen LogP contribution is -2.40. The van der Waals surface area contributed by atoms with Gasteiger partial charge in [-0.2, -0.15) is 0 Å². The number of aromatic amines is 2. The fraction of sp³-hybridized carbons (Fsp3) is 0.317. The van der Waals surface area contributed by atoms with E-state index in [2.05, 4.69) is 79.1 Å². The van der Waals surface area contributed by atoms with Crippen LogP contribution in [0.2, 0.25) is 0 Å². The van der Waals surface area contributed by atoms with Gasteiger partial charge in [-0.25, -0.2) is 9.97 Å². The zero-order chi connectivity index (χ0) is 36.9. The number of nitrogens with one attached hydrogen (secondary N) is 4. The van der Waals surface area contributed by atoms with Crippen LogP contribution < -0.4 is 10.6 Å². The summed E-state index contributed by atoms with van der Waals surface area (Å²) in [5.74, 6) is 2.19. The third-order valence-corrected chi connectivity index (χ3v) is 11.2. The van der Waals surface area contributed by atoms with Crippen LogP contribution in [0.5, 0.6) is 0 Å². The standard InChI is InChI=1S/C41H44N8O3S/c1-4-43-37(30-8-6-5-7-9-30)41(52)49-34(24-53-36(49)21-20-35(50)42-3)39-45-23-33(48-39)29-16-12-27(13-17-29)26-10-14-28(15-11-26)32-22-44-38(47-32)25(2)46-40(51)31-18-19-31/h4-17,22-23,25,31,34,36-37H,18-21,24H2,1-3H3,(H,42,50)(H,44,47)(H,45,48)(H,46,51)/b43-4+/t25-,34-,36?,37?/m0/s1. The molecule has 3 amide bonds. The number of thioether (sulfide) groups is 1. The number of rotatable bonds is 13. The van der Waals surface area contributed by atoms with Crippen LogP contribution in [0.25, 0.3) is 33.6 Å². The zero-order valence-electron chi connectivity index (χ0n) is 30.1. The number of amides is 3. The van der Waals surface area contributed by atoms with Crippen LogP contribution in [-0.4, -0.2) is 66.9 Å². The predicted octanol–water partition coefficient (Wildman–Crippen LogP) is 7.02. The van der Waals surface area contributed by atoms with Crippen LogP contribution in [-0.2, 0) is 14.4 Å². The molecule has 2 aliphatic rings. The Morgan fingerprint density at radius 1 is 0.906 bits per heavy atom. The normalized spacial score (nSPS) is 18.2. The number of nitrogens with zero attached hydrogens (tertiary/aromatic N) is 4. The first-order chi connectivity index (χ1) is 25.8. The second-order valence-corrected chi connectivity index (χ2v) is 14.7. The van der Waals surface area contributed by atoms with Gasteiger partial charge < -0.3 is 25.5 Å².